The lowest BCUT2D eigenvalue weighted by molar-refractivity contribution is 0.00529. The van der Waals surface area contributed by atoms with Crippen LogP contribution in [-0.4, -0.2) is 34.2 Å². The molecule has 2 atom stereocenters. The third kappa shape index (κ3) is 4.60. The number of amides is 1. The van der Waals surface area contributed by atoms with Crippen molar-refractivity contribution in [2.75, 3.05) is 24.2 Å². The van der Waals surface area contributed by atoms with E-state index in [-0.39, 0.29) is 18.3 Å². The molecule has 1 aliphatic heterocycles. The number of carbonyl (C=O) groups excluding carboxylic acids is 1. The monoisotopic (exact) mass is 522 g/mol. The Labute approximate surface area is 214 Å². The molecular weight excluding hydrogens is 495 g/mol. The van der Waals surface area contributed by atoms with E-state index in [0.29, 0.717) is 39.1 Å². The van der Waals surface area contributed by atoms with Gasteiger partial charge in [0.05, 0.1) is 30.2 Å². The topological polar surface area (TPSA) is 88.8 Å². The van der Waals surface area contributed by atoms with E-state index in [0.717, 1.165) is 17.4 Å². The summed E-state index contributed by atoms with van der Waals surface area (Å²) in [5, 5.41) is 3.24. The maximum Gasteiger partial charge on any atom is 0.255 e. The fraction of sp³-hybridized carbons (Fsp3) is 0.250. The number of rotatable bonds is 4. The highest BCUT2D eigenvalue weighted by molar-refractivity contribution is 7.92. The second-order valence-electron chi connectivity index (χ2n) is 9.27. The number of ether oxygens (including phenoxy) is 1. The molecule has 192 valence electrons. The van der Waals surface area contributed by atoms with Crippen LogP contribution in [0.25, 0.3) is 22.3 Å². The molecule has 0 saturated carbocycles. The summed E-state index contributed by atoms with van der Waals surface area (Å²) in [6.07, 6.45) is -0.0314. The third-order valence-electron chi connectivity index (χ3n) is 6.65. The van der Waals surface area contributed by atoms with Gasteiger partial charge in [-0.2, -0.15) is 0 Å². The second-order valence-corrected chi connectivity index (χ2v) is 11.2. The van der Waals surface area contributed by atoms with Crippen molar-refractivity contribution in [3.05, 3.63) is 88.7 Å². The lowest BCUT2D eigenvalue weighted by Gasteiger charge is -2.25. The van der Waals surface area contributed by atoms with Gasteiger partial charge in [0, 0.05) is 29.6 Å². The van der Waals surface area contributed by atoms with E-state index in [2.05, 4.69) is 5.32 Å². The van der Waals surface area contributed by atoms with Crippen LogP contribution in [0.5, 0.6) is 0 Å². The minimum absolute atomic E-state index is 0.00113. The number of furan rings is 1. The molecular formula is C28H27FN2O5S. The Morgan fingerprint density at radius 3 is 2.38 bits per heavy atom. The maximum atomic E-state index is 13.5. The molecule has 9 heteroatoms. The number of nitrogens with one attached hydrogen (secondary N) is 1. The first-order valence-electron chi connectivity index (χ1n) is 11.8. The van der Waals surface area contributed by atoms with Gasteiger partial charge in [-0.1, -0.05) is 42.0 Å². The molecule has 1 N–H and O–H groups in total. The molecule has 4 aromatic rings. The van der Waals surface area contributed by atoms with E-state index in [1.807, 2.05) is 38.1 Å². The standard InChI is InChI=1S/C28H27FN2O5S/c1-16-5-7-19(8-6-16)27-26(28(32)30-3)22-13-21-17(2)35-25(18-9-11-20(29)12-10-18)15-31(37(4,33)34)23(21)14-24(22)36-27/h5-14,17,25H,15H2,1-4H3,(H,30,32). The van der Waals surface area contributed by atoms with Gasteiger partial charge in [-0.25, -0.2) is 12.8 Å². The highest BCUT2D eigenvalue weighted by Crippen LogP contribution is 2.44. The average molecular weight is 523 g/mol. The van der Waals surface area contributed by atoms with E-state index >= 15 is 0 Å². The van der Waals surface area contributed by atoms with Crippen LogP contribution in [0.2, 0.25) is 0 Å². The maximum absolute atomic E-state index is 13.5. The van der Waals surface area contributed by atoms with Gasteiger partial charge >= 0.3 is 0 Å². The van der Waals surface area contributed by atoms with Crippen molar-refractivity contribution in [3.8, 4) is 11.3 Å². The van der Waals surface area contributed by atoms with Crippen LogP contribution >= 0.6 is 0 Å². The molecule has 0 fully saturated rings. The largest absolute Gasteiger partial charge is 0.455 e. The van der Waals surface area contributed by atoms with Crippen molar-refractivity contribution < 1.29 is 26.8 Å². The summed E-state index contributed by atoms with van der Waals surface area (Å²) in [5.41, 5.74) is 4.22. The van der Waals surface area contributed by atoms with E-state index in [4.69, 9.17) is 9.15 Å². The van der Waals surface area contributed by atoms with Crippen LogP contribution in [0, 0.1) is 12.7 Å². The second kappa shape index (κ2) is 9.32. The molecule has 1 aromatic heterocycles. The Kier molecular flexibility index (Phi) is 6.29. The lowest BCUT2D eigenvalue weighted by atomic mass is 10.00. The molecule has 0 aliphatic carbocycles. The number of anilines is 1. The normalized spacial score (nSPS) is 17.9. The molecule has 2 unspecified atom stereocenters. The van der Waals surface area contributed by atoms with Crippen molar-refractivity contribution >= 4 is 32.6 Å². The van der Waals surface area contributed by atoms with E-state index in [1.54, 1.807) is 31.3 Å². The Morgan fingerprint density at radius 1 is 1.08 bits per heavy atom. The van der Waals surface area contributed by atoms with Gasteiger partial charge in [-0.05, 0) is 37.6 Å². The number of carbonyl (C=O) groups is 1. The highest BCUT2D eigenvalue weighted by Gasteiger charge is 2.34. The molecule has 0 spiro atoms. The number of hydrogen-bond donors (Lipinski definition) is 1. The summed E-state index contributed by atoms with van der Waals surface area (Å²) < 4.78 is 53.3. The molecule has 7 nitrogen and oxygen atoms in total. The number of sulfonamides is 1. The Morgan fingerprint density at radius 2 is 1.76 bits per heavy atom. The Balaban J connectivity index is 1.71. The fourth-order valence-corrected chi connectivity index (χ4v) is 5.66. The van der Waals surface area contributed by atoms with Crippen LogP contribution in [0.4, 0.5) is 10.1 Å². The summed E-state index contributed by atoms with van der Waals surface area (Å²) >= 11 is 0. The van der Waals surface area contributed by atoms with Crippen LogP contribution in [0.15, 0.2) is 65.1 Å². The number of hydrogen-bond acceptors (Lipinski definition) is 5. The zero-order valence-corrected chi connectivity index (χ0v) is 21.7. The quantitative estimate of drug-likeness (QED) is 0.382. The summed E-state index contributed by atoms with van der Waals surface area (Å²) in [4.78, 5) is 13.0. The zero-order chi connectivity index (χ0) is 26.5. The van der Waals surface area contributed by atoms with Crippen molar-refractivity contribution in [2.24, 2.45) is 0 Å². The van der Waals surface area contributed by atoms with Gasteiger partial charge < -0.3 is 14.5 Å². The fourth-order valence-electron chi connectivity index (χ4n) is 4.74. The lowest BCUT2D eigenvalue weighted by Crippen LogP contribution is -2.33. The first-order chi connectivity index (χ1) is 17.6. The minimum atomic E-state index is -3.73. The first kappa shape index (κ1) is 25.0. The highest BCUT2D eigenvalue weighted by atomic mass is 32.2. The molecule has 3 aromatic carbocycles. The molecule has 1 aliphatic rings. The van der Waals surface area contributed by atoms with Gasteiger partial charge in [0.1, 0.15) is 23.3 Å². The van der Waals surface area contributed by atoms with E-state index in [9.17, 15) is 17.6 Å². The van der Waals surface area contributed by atoms with Gasteiger partial charge in [0.2, 0.25) is 10.0 Å². The molecule has 0 saturated heterocycles. The van der Waals surface area contributed by atoms with Gasteiger partial charge in [0.15, 0.2) is 0 Å². The summed E-state index contributed by atoms with van der Waals surface area (Å²) in [7, 11) is -2.18. The third-order valence-corrected chi connectivity index (χ3v) is 7.80. The van der Waals surface area contributed by atoms with Crippen molar-refractivity contribution in [1.29, 1.82) is 0 Å². The number of nitrogens with zero attached hydrogens (tertiary/aromatic N) is 1. The summed E-state index contributed by atoms with van der Waals surface area (Å²) in [6, 6.07) is 16.9. The molecule has 0 radical (unpaired) electrons. The Bertz CT molecular complexity index is 1590. The number of benzene rings is 3. The van der Waals surface area contributed by atoms with Crippen LogP contribution in [0.1, 0.15) is 46.2 Å². The minimum Gasteiger partial charge on any atom is -0.455 e. The van der Waals surface area contributed by atoms with Crippen LogP contribution in [0.3, 0.4) is 0 Å². The predicted molar refractivity (Wildman–Crippen MR) is 141 cm³/mol. The number of aryl methyl sites for hydroxylation is 1. The summed E-state index contributed by atoms with van der Waals surface area (Å²) in [6.45, 7) is 3.80. The molecule has 37 heavy (non-hydrogen) atoms. The van der Waals surface area contributed by atoms with Gasteiger partial charge in [-0.15, -0.1) is 0 Å². The van der Waals surface area contributed by atoms with Crippen LogP contribution in [-0.2, 0) is 14.8 Å². The average Bonchev–Trinajstić information content (AvgIpc) is 3.16. The molecule has 0 bridgehead atoms. The number of halogens is 1. The van der Waals surface area contributed by atoms with Crippen molar-refractivity contribution in [3.63, 3.8) is 0 Å². The Hall–Kier alpha value is -3.69. The van der Waals surface area contributed by atoms with Gasteiger partial charge in [-0.3, -0.25) is 9.10 Å². The van der Waals surface area contributed by atoms with Crippen molar-refractivity contribution in [2.45, 2.75) is 26.1 Å². The van der Waals surface area contributed by atoms with Gasteiger partial charge in [0.25, 0.3) is 5.91 Å². The number of fused-ring (bicyclic) bond motifs is 2. The van der Waals surface area contributed by atoms with Crippen molar-refractivity contribution in [1.82, 2.24) is 5.32 Å². The predicted octanol–water partition coefficient (Wildman–Crippen LogP) is 5.51. The summed E-state index contributed by atoms with van der Waals surface area (Å²) in [5.74, 6) is -0.307. The van der Waals surface area contributed by atoms with Crippen LogP contribution < -0.4 is 9.62 Å². The zero-order valence-electron chi connectivity index (χ0n) is 20.9. The smallest absolute Gasteiger partial charge is 0.255 e. The molecule has 2 heterocycles. The first-order valence-corrected chi connectivity index (χ1v) is 13.7. The molecule has 1 amide bonds. The molecule has 5 rings (SSSR count). The van der Waals surface area contributed by atoms with E-state index < -0.39 is 22.2 Å². The van der Waals surface area contributed by atoms with E-state index in [1.165, 1.54) is 16.4 Å². The SMILES string of the molecule is CNC(=O)c1c(-c2ccc(C)cc2)oc2cc3c(cc12)C(C)OC(c1ccc(F)cc1)CN3S(C)(=O)=O.